The fourth-order valence-electron chi connectivity index (χ4n) is 2.97. The van der Waals surface area contributed by atoms with E-state index in [-0.39, 0.29) is 0 Å². The molecule has 0 unspecified atom stereocenters. The molecule has 2 rings (SSSR count). The Bertz CT molecular complexity index is 870. The fourth-order valence-corrected chi connectivity index (χ4v) is 4.63. The van der Waals surface area contributed by atoms with Gasteiger partial charge in [-0.25, -0.2) is 8.42 Å². The smallest absolute Gasteiger partial charge is 0.262 e. The van der Waals surface area contributed by atoms with E-state index in [0.29, 0.717) is 16.3 Å². The molecule has 0 bridgehead atoms. The van der Waals surface area contributed by atoms with Gasteiger partial charge in [0, 0.05) is 0 Å². The molecule has 0 heterocycles. The molecular weight excluding hydrogens is 322 g/mol. The summed E-state index contributed by atoms with van der Waals surface area (Å²) >= 11 is 0. The van der Waals surface area contributed by atoms with E-state index in [1.807, 2.05) is 47.6 Å². The third-order valence-electron chi connectivity index (χ3n) is 4.80. The van der Waals surface area contributed by atoms with Crippen LogP contribution in [0.4, 0.5) is 5.69 Å². The van der Waals surface area contributed by atoms with Crippen LogP contribution in [-0.2, 0) is 10.0 Å². The van der Waals surface area contributed by atoms with Gasteiger partial charge in [0.15, 0.2) is 0 Å². The summed E-state index contributed by atoms with van der Waals surface area (Å²) in [6.07, 6.45) is 0. The lowest BCUT2D eigenvalue weighted by atomic mass is 9.95. The first-order valence-corrected chi connectivity index (χ1v) is 9.33. The Hall–Kier alpha value is -2.01. The van der Waals surface area contributed by atoms with Crippen molar-refractivity contribution in [2.75, 3.05) is 11.8 Å². The molecule has 0 radical (unpaired) electrons. The number of benzene rings is 2. The second-order valence-corrected chi connectivity index (χ2v) is 7.88. The molecule has 0 aliphatic rings. The molecule has 0 amide bonds. The monoisotopic (exact) mass is 347 g/mol. The maximum absolute atomic E-state index is 13.1. The second-order valence-electron chi connectivity index (χ2n) is 6.26. The summed E-state index contributed by atoms with van der Waals surface area (Å²) in [5, 5.41) is 0. The molecule has 2 aromatic rings. The van der Waals surface area contributed by atoms with E-state index in [9.17, 15) is 8.42 Å². The predicted molar refractivity (Wildman–Crippen MR) is 98.7 cm³/mol. The molecule has 0 atom stereocenters. The van der Waals surface area contributed by atoms with Crippen molar-refractivity contribution in [2.45, 2.75) is 46.4 Å². The van der Waals surface area contributed by atoms with Crippen molar-refractivity contribution in [3.8, 4) is 5.75 Å². The van der Waals surface area contributed by atoms with Crippen LogP contribution in [0.2, 0.25) is 0 Å². The molecule has 0 aliphatic carbocycles. The van der Waals surface area contributed by atoms with E-state index >= 15 is 0 Å². The van der Waals surface area contributed by atoms with E-state index in [1.54, 1.807) is 12.1 Å². The van der Waals surface area contributed by atoms with Crippen molar-refractivity contribution >= 4 is 15.7 Å². The summed E-state index contributed by atoms with van der Waals surface area (Å²) in [5.41, 5.74) is 6.14. The molecule has 0 saturated heterocycles. The van der Waals surface area contributed by atoms with Crippen molar-refractivity contribution in [1.82, 2.24) is 0 Å². The normalized spacial score (nSPS) is 11.5. The van der Waals surface area contributed by atoms with Gasteiger partial charge in [0.05, 0.1) is 17.7 Å². The van der Waals surface area contributed by atoms with Gasteiger partial charge in [0.2, 0.25) is 0 Å². The van der Waals surface area contributed by atoms with Gasteiger partial charge in [-0.05, 0) is 87.1 Å². The number of sulfonamides is 1. The van der Waals surface area contributed by atoms with Crippen LogP contribution in [-0.4, -0.2) is 15.5 Å². The van der Waals surface area contributed by atoms with Crippen LogP contribution < -0.4 is 9.46 Å². The van der Waals surface area contributed by atoms with Crippen molar-refractivity contribution in [2.24, 2.45) is 0 Å². The zero-order valence-corrected chi connectivity index (χ0v) is 16.2. The van der Waals surface area contributed by atoms with Crippen LogP contribution in [0, 0.1) is 41.5 Å². The predicted octanol–water partition coefficient (Wildman–Crippen LogP) is 4.35. The number of rotatable bonds is 4. The highest BCUT2D eigenvalue weighted by Crippen LogP contribution is 2.33. The van der Waals surface area contributed by atoms with Crippen molar-refractivity contribution < 1.29 is 13.2 Å². The van der Waals surface area contributed by atoms with Gasteiger partial charge in [-0.15, -0.1) is 0 Å². The van der Waals surface area contributed by atoms with Gasteiger partial charge in [-0.3, -0.25) is 4.72 Å². The van der Waals surface area contributed by atoms with Crippen molar-refractivity contribution in [3.63, 3.8) is 0 Å². The molecular formula is C19H25NO3S. The number of anilines is 1. The Labute approximate surface area is 144 Å². The Morgan fingerprint density at radius 2 is 1.33 bits per heavy atom. The standard InChI is InChI=1S/C19H25NO3S/c1-11-8-9-18(23-7)17(10-11)20-24(21,22)19-15(5)13(3)12(2)14(4)16(19)6/h8-10,20H,1-7H3. The van der Waals surface area contributed by atoms with Crippen molar-refractivity contribution in [3.05, 3.63) is 51.6 Å². The van der Waals surface area contributed by atoms with Gasteiger partial charge in [-0.1, -0.05) is 6.07 Å². The number of nitrogens with one attached hydrogen (secondary N) is 1. The van der Waals surface area contributed by atoms with Gasteiger partial charge in [0.1, 0.15) is 5.75 Å². The van der Waals surface area contributed by atoms with E-state index in [4.69, 9.17) is 4.74 Å². The molecule has 130 valence electrons. The maximum atomic E-state index is 13.1. The largest absolute Gasteiger partial charge is 0.495 e. The first-order chi connectivity index (χ1) is 11.1. The number of aryl methyl sites for hydroxylation is 1. The Morgan fingerprint density at radius 3 is 1.83 bits per heavy atom. The number of methoxy groups -OCH3 is 1. The molecule has 0 spiro atoms. The zero-order valence-electron chi connectivity index (χ0n) is 15.4. The summed E-state index contributed by atoms with van der Waals surface area (Å²) in [6.45, 7) is 11.6. The highest BCUT2D eigenvalue weighted by Gasteiger charge is 2.24. The van der Waals surface area contributed by atoms with Gasteiger partial charge in [0.25, 0.3) is 10.0 Å². The number of ether oxygens (including phenoxy) is 1. The first-order valence-electron chi connectivity index (χ1n) is 7.84. The molecule has 0 aliphatic heterocycles. The zero-order chi connectivity index (χ0) is 18.2. The SMILES string of the molecule is COc1ccc(C)cc1NS(=O)(=O)c1c(C)c(C)c(C)c(C)c1C. The van der Waals surface area contributed by atoms with Crippen LogP contribution in [0.15, 0.2) is 23.1 Å². The summed E-state index contributed by atoms with van der Waals surface area (Å²) in [4.78, 5) is 0.353. The number of hydrogen-bond acceptors (Lipinski definition) is 3. The second kappa shape index (κ2) is 6.48. The topological polar surface area (TPSA) is 55.4 Å². The molecule has 4 nitrogen and oxygen atoms in total. The van der Waals surface area contributed by atoms with Crippen LogP contribution in [0.3, 0.4) is 0 Å². The van der Waals surface area contributed by atoms with Gasteiger partial charge >= 0.3 is 0 Å². The van der Waals surface area contributed by atoms with E-state index < -0.39 is 10.0 Å². The molecule has 24 heavy (non-hydrogen) atoms. The van der Waals surface area contributed by atoms with Crippen LogP contribution >= 0.6 is 0 Å². The molecule has 0 fully saturated rings. The van der Waals surface area contributed by atoms with Crippen LogP contribution in [0.25, 0.3) is 0 Å². The highest BCUT2D eigenvalue weighted by molar-refractivity contribution is 7.92. The molecule has 5 heteroatoms. The summed E-state index contributed by atoms with van der Waals surface area (Å²) in [5.74, 6) is 0.500. The minimum absolute atomic E-state index is 0.353. The summed E-state index contributed by atoms with van der Waals surface area (Å²) in [6, 6.07) is 5.42. The minimum atomic E-state index is -3.72. The fraction of sp³-hybridized carbons (Fsp3) is 0.368. The van der Waals surface area contributed by atoms with E-state index in [2.05, 4.69) is 4.72 Å². The Morgan fingerprint density at radius 1 is 0.833 bits per heavy atom. The number of hydrogen-bond donors (Lipinski definition) is 1. The quantitative estimate of drug-likeness (QED) is 0.895. The summed E-state index contributed by atoms with van der Waals surface area (Å²) in [7, 11) is -2.19. The average molecular weight is 347 g/mol. The Kier molecular flexibility index (Phi) is 4.95. The third kappa shape index (κ3) is 3.13. The van der Waals surface area contributed by atoms with E-state index in [1.165, 1.54) is 7.11 Å². The highest BCUT2D eigenvalue weighted by atomic mass is 32.2. The average Bonchev–Trinajstić information content (AvgIpc) is 2.50. The lowest BCUT2D eigenvalue weighted by Gasteiger charge is -2.20. The van der Waals surface area contributed by atoms with Crippen molar-refractivity contribution in [1.29, 1.82) is 0 Å². The molecule has 0 saturated carbocycles. The van der Waals surface area contributed by atoms with Crippen LogP contribution in [0.5, 0.6) is 5.75 Å². The van der Waals surface area contributed by atoms with Gasteiger partial charge in [-0.2, -0.15) is 0 Å². The summed E-state index contributed by atoms with van der Waals surface area (Å²) < 4.78 is 34.1. The maximum Gasteiger partial charge on any atom is 0.262 e. The molecule has 0 aromatic heterocycles. The molecule has 2 aromatic carbocycles. The minimum Gasteiger partial charge on any atom is -0.495 e. The lowest BCUT2D eigenvalue weighted by Crippen LogP contribution is -2.18. The van der Waals surface area contributed by atoms with E-state index in [0.717, 1.165) is 33.4 Å². The van der Waals surface area contributed by atoms with Gasteiger partial charge < -0.3 is 4.74 Å². The Balaban J connectivity index is 2.64. The van der Waals surface area contributed by atoms with Crippen LogP contribution in [0.1, 0.15) is 33.4 Å². The lowest BCUT2D eigenvalue weighted by molar-refractivity contribution is 0.417. The first kappa shape index (κ1) is 18.3. The third-order valence-corrected chi connectivity index (χ3v) is 6.44. The molecule has 1 N–H and O–H groups in total.